The van der Waals surface area contributed by atoms with Crippen LogP contribution in [0.25, 0.3) is 0 Å². The Bertz CT molecular complexity index is 201. The summed E-state index contributed by atoms with van der Waals surface area (Å²) in [6.45, 7) is -2.15. The van der Waals surface area contributed by atoms with Crippen molar-refractivity contribution >= 4 is 0 Å². The Balaban J connectivity index is 2.84. The van der Waals surface area contributed by atoms with Gasteiger partial charge in [0.2, 0.25) is 5.79 Å². The molecule has 14 heavy (non-hydrogen) atoms. The van der Waals surface area contributed by atoms with Gasteiger partial charge in [-0.1, -0.05) is 0 Å². The average molecular weight is 212 g/mol. The Kier molecular flexibility index (Phi) is 3.40. The van der Waals surface area contributed by atoms with Gasteiger partial charge in [0.1, 0.15) is 31.1 Å². The van der Waals surface area contributed by atoms with Crippen molar-refractivity contribution in [2.24, 2.45) is 0 Å². The molecule has 5 atom stereocenters. The molecule has 6 nitrogen and oxygen atoms in total. The quantitative estimate of drug-likeness (QED) is 0.336. The second kappa shape index (κ2) is 4.05. The summed E-state index contributed by atoms with van der Waals surface area (Å²) in [6.07, 6.45) is -6.61. The van der Waals surface area contributed by atoms with Crippen molar-refractivity contribution in [1.82, 2.24) is 0 Å². The van der Waals surface area contributed by atoms with Crippen molar-refractivity contribution in [2.45, 2.75) is 30.2 Å². The van der Waals surface area contributed by atoms with Crippen molar-refractivity contribution in [3.05, 3.63) is 0 Å². The molecule has 1 aliphatic heterocycles. The third kappa shape index (κ3) is 1.74. The third-order valence-corrected chi connectivity index (χ3v) is 2.24. The van der Waals surface area contributed by atoms with Crippen molar-refractivity contribution in [1.29, 1.82) is 0 Å². The summed E-state index contributed by atoms with van der Waals surface area (Å²) in [4.78, 5) is 0. The highest BCUT2D eigenvalue weighted by atomic mass is 19.1. The zero-order chi connectivity index (χ0) is 10.9. The van der Waals surface area contributed by atoms with E-state index in [0.29, 0.717) is 0 Å². The summed E-state index contributed by atoms with van der Waals surface area (Å²) in [5.74, 6) is -2.58. The molecule has 0 radical (unpaired) electrons. The van der Waals surface area contributed by atoms with Crippen LogP contribution >= 0.6 is 0 Å². The molecule has 1 rings (SSSR count). The largest absolute Gasteiger partial charge is 0.394 e. The molecule has 1 fully saturated rings. The predicted octanol–water partition coefficient (Wildman–Crippen LogP) is -2.88. The van der Waals surface area contributed by atoms with Crippen molar-refractivity contribution in [3.8, 4) is 0 Å². The summed E-state index contributed by atoms with van der Waals surface area (Å²) in [5, 5.41) is 45.6. The van der Waals surface area contributed by atoms with Gasteiger partial charge in [-0.05, 0) is 0 Å². The summed E-state index contributed by atoms with van der Waals surface area (Å²) < 4.78 is 16.9. The van der Waals surface area contributed by atoms with Gasteiger partial charge in [0.15, 0.2) is 0 Å². The number of aliphatic hydroxyl groups excluding tert-OH is 4. The van der Waals surface area contributed by atoms with Crippen LogP contribution in [-0.4, -0.2) is 69.0 Å². The number of hydrogen-bond donors (Lipinski definition) is 5. The fourth-order valence-corrected chi connectivity index (χ4v) is 1.33. The van der Waals surface area contributed by atoms with Gasteiger partial charge < -0.3 is 30.3 Å². The summed E-state index contributed by atoms with van der Waals surface area (Å²) in [5.41, 5.74) is 0. The maximum Gasteiger partial charge on any atom is 0.224 e. The minimum atomic E-state index is -2.58. The zero-order valence-corrected chi connectivity index (χ0v) is 7.25. The Labute approximate surface area is 79.2 Å². The van der Waals surface area contributed by atoms with Gasteiger partial charge >= 0.3 is 0 Å². The third-order valence-electron chi connectivity index (χ3n) is 2.24. The lowest BCUT2D eigenvalue weighted by molar-refractivity contribution is -0.352. The van der Waals surface area contributed by atoms with E-state index in [-0.39, 0.29) is 0 Å². The van der Waals surface area contributed by atoms with Crippen LogP contribution in [0.1, 0.15) is 0 Å². The molecule has 0 aromatic carbocycles. The normalized spacial score (nSPS) is 49.3. The molecule has 84 valence electrons. The van der Waals surface area contributed by atoms with Crippen molar-refractivity contribution in [3.63, 3.8) is 0 Å². The maximum atomic E-state index is 12.3. The van der Waals surface area contributed by atoms with Crippen molar-refractivity contribution < 1.29 is 34.7 Å². The molecule has 0 spiro atoms. The summed E-state index contributed by atoms with van der Waals surface area (Å²) >= 11 is 0. The van der Waals surface area contributed by atoms with E-state index in [0.717, 1.165) is 0 Å². The van der Waals surface area contributed by atoms with Gasteiger partial charge in [0.25, 0.3) is 0 Å². The van der Waals surface area contributed by atoms with Gasteiger partial charge in [-0.2, -0.15) is 0 Å². The first-order valence-corrected chi connectivity index (χ1v) is 4.07. The predicted molar refractivity (Wildman–Crippen MR) is 40.9 cm³/mol. The molecule has 0 saturated carbocycles. The van der Waals surface area contributed by atoms with E-state index < -0.39 is 43.5 Å². The van der Waals surface area contributed by atoms with Crippen LogP contribution in [0.4, 0.5) is 4.39 Å². The molecule has 7 heteroatoms. The number of ether oxygens (including phenoxy) is 1. The van der Waals surface area contributed by atoms with Gasteiger partial charge in [-0.15, -0.1) is 0 Å². The molecule has 1 saturated heterocycles. The Morgan fingerprint density at radius 2 is 1.79 bits per heavy atom. The number of aliphatic hydroxyl groups is 5. The van der Waals surface area contributed by atoms with Gasteiger partial charge in [0, 0.05) is 0 Å². The molecular formula is C7H13FO6. The molecule has 1 aliphatic rings. The summed E-state index contributed by atoms with van der Waals surface area (Å²) in [7, 11) is 0. The SMILES string of the molecule is OCC1OC(O)(CF)C(O)[C@@H](O)[C@H]1O. The highest BCUT2D eigenvalue weighted by Crippen LogP contribution is 2.28. The second-order valence-corrected chi connectivity index (χ2v) is 3.24. The maximum absolute atomic E-state index is 12.3. The van der Waals surface area contributed by atoms with Crippen LogP contribution in [-0.2, 0) is 4.74 Å². The van der Waals surface area contributed by atoms with Gasteiger partial charge in [0.05, 0.1) is 6.61 Å². The fraction of sp³-hybridized carbons (Fsp3) is 1.00. The lowest BCUT2D eigenvalue weighted by Gasteiger charge is -2.43. The van der Waals surface area contributed by atoms with E-state index in [2.05, 4.69) is 4.74 Å². The standard InChI is InChI=1S/C7H13FO6/c8-2-7(13)6(12)5(11)4(10)3(1-9)14-7/h3-6,9-13H,1-2H2/t3?,4-,5-,6?,7?/m0/s1. The molecule has 0 aromatic rings. The molecule has 3 unspecified atom stereocenters. The van der Waals surface area contributed by atoms with Crippen LogP contribution in [0.2, 0.25) is 0 Å². The number of rotatable bonds is 2. The first kappa shape index (κ1) is 11.8. The Hall–Kier alpha value is -0.310. The van der Waals surface area contributed by atoms with Crippen LogP contribution < -0.4 is 0 Å². The smallest absolute Gasteiger partial charge is 0.224 e. The number of alkyl halides is 1. The molecule has 0 aromatic heterocycles. The molecule has 0 aliphatic carbocycles. The van der Waals surface area contributed by atoms with Gasteiger partial charge in [-0.25, -0.2) is 4.39 Å². The minimum absolute atomic E-state index is 0.701. The number of hydrogen-bond acceptors (Lipinski definition) is 6. The van der Waals surface area contributed by atoms with Crippen LogP contribution in [0.15, 0.2) is 0 Å². The molecule has 5 N–H and O–H groups in total. The molecule has 0 bridgehead atoms. The Morgan fingerprint density at radius 1 is 1.21 bits per heavy atom. The molecule has 1 heterocycles. The van der Waals surface area contributed by atoms with Gasteiger partial charge in [-0.3, -0.25) is 0 Å². The van der Waals surface area contributed by atoms with E-state index >= 15 is 0 Å². The highest BCUT2D eigenvalue weighted by Gasteiger charge is 2.52. The lowest BCUT2D eigenvalue weighted by atomic mass is 9.93. The lowest BCUT2D eigenvalue weighted by Crippen LogP contribution is -2.66. The van der Waals surface area contributed by atoms with E-state index in [9.17, 15) is 24.8 Å². The van der Waals surface area contributed by atoms with Crippen LogP contribution in [0.5, 0.6) is 0 Å². The molecular weight excluding hydrogens is 199 g/mol. The Morgan fingerprint density at radius 3 is 2.21 bits per heavy atom. The van der Waals surface area contributed by atoms with Crippen molar-refractivity contribution in [2.75, 3.05) is 13.3 Å². The molecule has 0 amide bonds. The summed E-state index contributed by atoms with van der Waals surface area (Å²) in [6, 6.07) is 0. The monoisotopic (exact) mass is 212 g/mol. The minimum Gasteiger partial charge on any atom is -0.394 e. The zero-order valence-electron chi connectivity index (χ0n) is 7.25. The van der Waals surface area contributed by atoms with E-state index in [1.165, 1.54) is 0 Å². The first-order valence-electron chi connectivity index (χ1n) is 4.07. The first-order chi connectivity index (χ1) is 6.46. The number of halogens is 1. The highest BCUT2D eigenvalue weighted by molar-refractivity contribution is 4.95. The topological polar surface area (TPSA) is 110 Å². The van der Waals surface area contributed by atoms with E-state index in [4.69, 9.17) is 5.11 Å². The fourth-order valence-electron chi connectivity index (χ4n) is 1.33. The second-order valence-electron chi connectivity index (χ2n) is 3.24. The average Bonchev–Trinajstić information content (AvgIpc) is 2.20. The van der Waals surface area contributed by atoms with E-state index in [1.807, 2.05) is 0 Å². The van der Waals surface area contributed by atoms with E-state index in [1.54, 1.807) is 0 Å². The van der Waals surface area contributed by atoms with Crippen LogP contribution in [0, 0.1) is 0 Å². The van der Waals surface area contributed by atoms with Crippen LogP contribution in [0.3, 0.4) is 0 Å².